The zero-order valence-corrected chi connectivity index (χ0v) is 24.0. The van der Waals surface area contributed by atoms with Crippen molar-refractivity contribution in [3.8, 4) is 17.2 Å². The molecule has 0 unspecified atom stereocenters. The Morgan fingerprint density at radius 1 is 1.10 bits per heavy atom. The summed E-state index contributed by atoms with van der Waals surface area (Å²) < 4.78 is 12.4. The van der Waals surface area contributed by atoms with Gasteiger partial charge < -0.3 is 24.8 Å². The first-order valence-electron chi connectivity index (χ1n) is 14.3. The summed E-state index contributed by atoms with van der Waals surface area (Å²) in [6.07, 6.45) is 1.60. The second kappa shape index (κ2) is 12.7. The first-order chi connectivity index (χ1) is 19.8. The molecule has 5 rings (SSSR count). The molecule has 1 heterocycles. The van der Waals surface area contributed by atoms with Crippen LogP contribution in [0.1, 0.15) is 42.6 Å². The average Bonchev–Trinajstić information content (AvgIpc) is 3.82. The van der Waals surface area contributed by atoms with E-state index in [0.29, 0.717) is 36.6 Å². The molecular formula is C33H39N3O5. The number of para-hydroxylation sites is 1. The van der Waals surface area contributed by atoms with E-state index in [1.807, 2.05) is 49.4 Å². The van der Waals surface area contributed by atoms with Crippen LogP contribution in [0.25, 0.3) is 0 Å². The molecule has 3 aromatic carbocycles. The zero-order chi connectivity index (χ0) is 28.9. The smallest absolute Gasteiger partial charge is 0.258 e. The lowest BCUT2D eigenvalue weighted by Gasteiger charge is -2.38. The highest BCUT2D eigenvalue weighted by Crippen LogP contribution is 2.33. The van der Waals surface area contributed by atoms with Crippen LogP contribution in [-0.4, -0.2) is 65.6 Å². The van der Waals surface area contributed by atoms with Crippen molar-refractivity contribution in [1.82, 2.24) is 9.80 Å². The summed E-state index contributed by atoms with van der Waals surface area (Å²) in [7, 11) is 2.06. The molecule has 8 nitrogen and oxygen atoms in total. The highest BCUT2D eigenvalue weighted by Gasteiger charge is 2.34. The topological polar surface area (TPSA) is 91.3 Å². The van der Waals surface area contributed by atoms with Crippen molar-refractivity contribution >= 4 is 17.5 Å². The number of hydrogen-bond acceptors (Lipinski definition) is 6. The number of fused-ring (bicyclic) bond motifs is 1. The van der Waals surface area contributed by atoms with Crippen molar-refractivity contribution in [2.75, 3.05) is 32.1 Å². The summed E-state index contributed by atoms with van der Waals surface area (Å²) in [5, 5.41) is 12.9. The maximum absolute atomic E-state index is 13.6. The van der Waals surface area contributed by atoms with Crippen molar-refractivity contribution in [1.29, 1.82) is 0 Å². The van der Waals surface area contributed by atoms with E-state index in [0.717, 1.165) is 29.9 Å². The molecule has 1 fully saturated rings. The van der Waals surface area contributed by atoms with Crippen LogP contribution < -0.4 is 14.8 Å². The van der Waals surface area contributed by atoms with Crippen molar-refractivity contribution in [3.05, 3.63) is 83.9 Å². The number of benzene rings is 3. The molecule has 41 heavy (non-hydrogen) atoms. The van der Waals surface area contributed by atoms with E-state index < -0.39 is 0 Å². The van der Waals surface area contributed by atoms with Gasteiger partial charge in [-0.1, -0.05) is 37.3 Å². The fourth-order valence-electron chi connectivity index (χ4n) is 5.08. The van der Waals surface area contributed by atoms with Crippen LogP contribution in [0.4, 0.5) is 5.69 Å². The number of likely N-dealkylation sites (N-methyl/N-ethyl adjacent to an activating group) is 1. The molecule has 0 saturated heterocycles. The monoisotopic (exact) mass is 557 g/mol. The zero-order valence-electron chi connectivity index (χ0n) is 24.0. The van der Waals surface area contributed by atoms with Gasteiger partial charge in [-0.3, -0.25) is 14.5 Å². The van der Waals surface area contributed by atoms with Crippen molar-refractivity contribution in [2.45, 2.75) is 45.4 Å². The summed E-state index contributed by atoms with van der Waals surface area (Å²) in [6.45, 7) is 5.58. The van der Waals surface area contributed by atoms with Gasteiger partial charge in [-0.05, 0) is 74.8 Å². The summed E-state index contributed by atoms with van der Waals surface area (Å²) in [5.41, 5.74) is 2.12. The normalized spacial score (nSPS) is 19.5. The highest BCUT2D eigenvalue weighted by molar-refractivity contribution is 6.00. The highest BCUT2D eigenvalue weighted by atomic mass is 16.5. The first kappa shape index (κ1) is 28.6. The van der Waals surface area contributed by atoms with Gasteiger partial charge in [0.05, 0.1) is 18.2 Å². The first-order valence-corrected chi connectivity index (χ1v) is 14.3. The van der Waals surface area contributed by atoms with Gasteiger partial charge in [0.15, 0.2) is 0 Å². The van der Waals surface area contributed by atoms with Gasteiger partial charge in [-0.2, -0.15) is 0 Å². The second-order valence-corrected chi connectivity index (χ2v) is 11.4. The molecule has 216 valence electrons. The molecule has 0 radical (unpaired) electrons. The number of aliphatic hydroxyl groups excluding tert-OH is 1. The Morgan fingerprint density at radius 2 is 1.80 bits per heavy atom. The van der Waals surface area contributed by atoms with Gasteiger partial charge >= 0.3 is 0 Å². The number of nitrogens with one attached hydrogen (secondary N) is 1. The minimum absolute atomic E-state index is 0.0134. The molecule has 1 saturated carbocycles. The molecule has 8 heteroatoms. The standard InChI is InChI=1S/C33H39N3O5/c1-22-18-36(23(2)21-37)33(39)29-17-26(34-32(38)25-11-12-25)13-16-30(29)41-31(22)20-35(3)19-24-9-14-28(15-10-24)40-27-7-5-4-6-8-27/h4-10,13-17,22-23,25,31,37H,11-12,18-21H2,1-3H3,(H,34,38)/t22-,23-,31+/m0/s1. The van der Waals surface area contributed by atoms with Crippen molar-refractivity contribution in [2.24, 2.45) is 11.8 Å². The van der Waals surface area contributed by atoms with Gasteiger partial charge in [0.2, 0.25) is 5.91 Å². The third-order valence-corrected chi connectivity index (χ3v) is 7.73. The largest absolute Gasteiger partial charge is 0.488 e. The third kappa shape index (κ3) is 7.26. The molecule has 1 aliphatic carbocycles. The van der Waals surface area contributed by atoms with E-state index in [-0.39, 0.29) is 42.4 Å². The Hall–Kier alpha value is -3.88. The molecule has 3 atom stereocenters. The van der Waals surface area contributed by atoms with E-state index >= 15 is 0 Å². The maximum atomic E-state index is 13.6. The summed E-state index contributed by atoms with van der Waals surface area (Å²) in [4.78, 5) is 29.9. The molecule has 0 bridgehead atoms. The Balaban J connectivity index is 1.30. The van der Waals surface area contributed by atoms with Crippen LogP contribution in [0.3, 0.4) is 0 Å². The molecule has 1 aliphatic heterocycles. The van der Waals surface area contributed by atoms with Gasteiger partial charge in [-0.15, -0.1) is 0 Å². The summed E-state index contributed by atoms with van der Waals surface area (Å²) >= 11 is 0. The summed E-state index contributed by atoms with van der Waals surface area (Å²) in [5.74, 6) is 1.92. The Kier molecular flexibility index (Phi) is 8.90. The van der Waals surface area contributed by atoms with Gasteiger partial charge in [0.1, 0.15) is 23.4 Å². The van der Waals surface area contributed by atoms with Gasteiger partial charge in [0, 0.05) is 37.2 Å². The second-order valence-electron chi connectivity index (χ2n) is 11.4. The Bertz CT molecular complexity index is 1340. The molecular weight excluding hydrogens is 518 g/mol. The number of anilines is 1. The predicted octanol–water partition coefficient (Wildman–Crippen LogP) is 5.18. The Morgan fingerprint density at radius 3 is 2.49 bits per heavy atom. The number of hydrogen-bond donors (Lipinski definition) is 2. The SMILES string of the molecule is C[C@H]1CN([C@@H](C)CO)C(=O)c2cc(NC(=O)C3CC3)ccc2O[C@@H]1CN(C)Cc1ccc(Oc2ccccc2)cc1. The van der Waals surface area contributed by atoms with E-state index in [2.05, 4.69) is 36.3 Å². The minimum Gasteiger partial charge on any atom is -0.488 e. The third-order valence-electron chi connectivity index (χ3n) is 7.73. The lowest BCUT2D eigenvalue weighted by Crippen LogP contribution is -2.49. The number of nitrogens with zero attached hydrogens (tertiary/aromatic N) is 2. The molecule has 2 amide bonds. The average molecular weight is 558 g/mol. The van der Waals surface area contributed by atoms with E-state index in [4.69, 9.17) is 9.47 Å². The number of rotatable bonds is 10. The molecule has 2 aliphatic rings. The van der Waals surface area contributed by atoms with Crippen molar-refractivity contribution in [3.63, 3.8) is 0 Å². The van der Waals surface area contributed by atoms with E-state index in [1.165, 1.54) is 0 Å². The van der Waals surface area contributed by atoms with Gasteiger partial charge in [-0.25, -0.2) is 0 Å². The minimum atomic E-state index is -0.351. The quantitative estimate of drug-likeness (QED) is 0.357. The Labute approximate surface area is 241 Å². The summed E-state index contributed by atoms with van der Waals surface area (Å²) in [6, 6.07) is 22.7. The van der Waals surface area contributed by atoms with Crippen LogP contribution >= 0.6 is 0 Å². The predicted molar refractivity (Wildman–Crippen MR) is 158 cm³/mol. The number of aliphatic hydroxyl groups is 1. The number of carbonyl (C=O) groups excluding carboxylic acids is 2. The molecule has 0 aromatic heterocycles. The van der Waals surface area contributed by atoms with Gasteiger partial charge in [0.25, 0.3) is 5.91 Å². The number of ether oxygens (including phenoxy) is 2. The van der Waals surface area contributed by atoms with Crippen LogP contribution in [0.2, 0.25) is 0 Å². The van der Waals surface area contributed by atoms with Crippen LogP contribution in [0.15, 0.2) is 72.8 Å². The lowest BCUT2D eigenvalue weighted by atomic mass is 9.99. The lowest BCUT2D eigenvalue weighted by molar-refractivity contribution is -0.117. The van der Waals surface area contributed by atoms with E-state index in [9.17, 15) is 14.7 Å². The number of carbonyl (C=O) groups is 2. The molecule has 3 aromatic rings. The van der Waals surface area contributed by atoms with Crippen LogP contribution in [-0.2, 0) is 11.3 Å². The van der Waals surface area contributed by atoms with E-state index in [1.54, 1.807) is 23.1 Å². The molecule has 2 N–H and O–H groups in total. The van der Waals surface area contributed by atoms with Crippen LogP contribution in [0.5, 0.6) is 17.2 Å². The van der Waals surface area contributed by atoms with Crippen molar-refractivity contribution < 1.29 is 24.2 Å². The fraction of sp³-hybridized carbons (Fsp3) is 0.394. The maximum Gasteiger partial charge on any atom is 0.258 e. The molecule has 0 spiro atoms. The van der Waals surface area contributed by atoms with Crippen LogP contribution in [0, 0.1) is 11.8 Å². The fourth-order valence-corrected chi connectivity index (χ4v) is 5.08. The number of amides is 2.